The lowest BCUT2D eigenvalue weighted by molar-refractivity contribution is 0.0950. The molecule has 0 radical (unpaired) electrons. The molecule has 2 rings (SSSR count). The first-order valence-electron chi connectivity index (χ1n) is 6.34. The van der Waals surface area contributed by atoms with Gasteiger partial charge in [-0.15, -0.1) is 0 Å². The van der Waals surface area contributed by atoms with Gasteiger partial charge in [-0.1, -0.05) is 6.92 Å². The Kier molecular flexibility index (Phi) is 4.40. The molecular formula is C12H17N5O2. The predicted molar refractivity (Wildman–Crippen MR) is 68.8 cm³/mol. The second kappa shape index (κ2) is 6.24. The fourth-order valence-electron chi connectivity index (χ4n) is 1.89. The van der Waals surface area contributed by atoms with Crippen LogP contribution in [0.2, 0.25) is 0 Å². The molecule has 0 aliphatic carbocycles. The van der Waals surface area contributed by atoms with E-state index in [1.807, 2.05) is 6.92 Å². The molecule has 2 aromatic rings. The van der Waals surface area contributed by atoms with E-state index in [4.69, 9.17) is 5.11 Å². The van der Waals surface area contributed by atoms with E-state index in [0.717, 1.165) is 12.1 Å². The molecule has 2 heterocycles. The summed E-state index contributed by atoms with van der Waals surface area (Å²) in [5.74, 6) is 0.327. The minimum Gasteiger partial charge on any atom is -0.396 e. The minimum atomic E-state index is -0.167. The highest BCUT2D eigenvalue weighted by atomic mass is 16.2. The Bertz CT molecular complexity index is 566. The van der Waals surface area contributed by atoms with Gasteiger partial charge >= 0.3 is 0 Å². The Balaban J connectivity index is 2.16. The van der Waals surface area contributed by atoms with Gasteiger partial charge in [0.25, 0.3) is 11.7 Å². The minimum absolute atomic E-state index is 0.141. The quantitative estimate of drug-likeness (QED) is 0.726. The summed E-state index contributed by atoms with van der Waals surface area (Å²) in [6.45, 7) is 2.64. The van der Waals surface area contributed by atoms with Crippen LogP contribution in [-0.4, -0.2) is 43.7 Å². The lowest BCUT2D eigenvalue weighted by Crippen LogP contribution is -2.26. The monoisotopic (exact) mass is 263 g/mol. The number of fused-ring (bicyclic) bond motifs is 1. The van der Waals surface area contributed by atoms with Crippen molar-refractivity contribution in [3.05, 3.63) is 23.8 Å². The van der Waals surface area contributed by atoms with E-state index in [0.29, 0.717) is 30.7 Å². The molecule has 7 nitrogen and oxygen atoms in total. The number of aryl methyl sites for hydroxylation is 1. The van der Waals surface area contributed by atoms with Gasteiger partial charge in [-0.25, -0.2) is 9.50 Å². The number of nitrogens with zero attached hydrogens (tertiary/aromatic N) is 4. The third kappa shape index (κ3) is 2.87. The fraction of sp³-hybridized carbons (Fsp3) is 0.500. The number of aromatic nitrogens is 4. The largest absolute Gasteiger partial charge is 0.396 e. The third-order valence-electron chi connectivity index (χ3n) is 2.86. The van der Waals surface area contributed by atoms with Gasteiger partial charge in [-0.2, -0.15) is 10.1 Å². The number of unbranched alkanes of at least 4 members (excludes halogenated alkanes) is 1. The molecule has 0 aliphatic rings. The van der Waals surface area contributed by atoms with E-state index in [1.54, 1.807) is 4.52 Å². The Labute approximate surface area is 110 Å². The molecule has 0 spiro atoms. The maximum absolute atomic E-state index is 12.1. The lowest BCUT2D eigenvalue weighted by Gasteiger charge is -2.09. The normalized spacial score (nSPS) is 10.8. The van der Waals surface area contributed by atoms with Crippen molar-refractivity contribution in [1.82, 2.24) is 24.9 Å². The summed E-state index contributed by atoms with van der Waals surface area (Å²) in [6, 6.07) is 0. The molecule has 1 amide bonds. The SMILES string of the molecule is CCc1c(C(=O)NCCCCO)cnc2ncnn12. The summed E-state index contributed by atoms with van der Waals surface area (Å²) in [5.41, 5.74) is 1.31. The highest BCUT2D eigenvalue weighted by Crippen LogP contribution is 2.09. The molecule has 0 bridgehead atoms. The number of hydrogen-bond acceptors (Lipinski definition) is 5. The van der Waals surface area contributed by atoms with Gasteiger partial charge in [0.2, 0.25) is 0 Å². The van der Waals surface area contributed by atoms with E-state index >= 15 is 0 Å². The summed E-state index contributed by atoms with van der Waals surface area (Å²) in [6.07, 6.45) is 5.06. The number of nitrogens with one attached hydrogen (secondary N) is 1. The van der Waals surface area contributed by atoms with Gasteiger partial charge in [-0.05, 0) is 19.3 Å². The van der Waals surface area contributed by atoms with Crippen LogP contribution < -0.4 is 5.32 Å². The van der Waals surface area contributed by atoms with Crippen LogP contribution in [0.4, 0.5) is 0 Å². The van der Waals surface area contributed by atoms with Gasteiger partial charge < -0.3 is 10.4 Å². The molecule has 0 aliphatic heterocycles. The van der Waals surface area contributed by atoms with Crippen LogP contribution in [0.15, 0.2) is 12.5 Å². The van der Waals surface area contributed by atoms with Gasteiger partial charge in [0.15, 0.2) is 0 Å². The Hall–Kier alpha value is -2.02. The number of rotatable bonds is 6. The standard InChI is InChI=1S/C12H17N5O2/c1-2-10-9(11(19)13-5-3-4-6-18)7-14-12-15-8-16-17(10)12/h7-8,18H,2-6H2,1H3,(H,13,19). The number of carbonyl (C=O) groups is 1. The maximum atomic E-state index is 12.1. The fourth-order valence-corrected chi connectivity index (χ4v) is 1.89. The number of aliphatic hydroxyl groups is 1. The number of aliphatic hydroxyl groups excluding tert-OH is 1. The number of hydrogen-bond donors (Lipinski definition) is 2. The molecule has 102 valence electrons. The van der Waals surface area contributed by atoms with Crippen LogP contribution in [-0.2, 0) is 6.42 Å². The van der Waals surface area contributed by atoms with Gasteiger partial charge in [-0.3, -0.25) is 4.79 Å². The maximum Gasteiger partial charge on any atom is 0.254 e. The van der Waals surface area contributed by atoms with E-state index in [-0.39, 0.29) is 12.5 Å². The average Bonchev–Trinajstić information content (AvgIpc) is 2.90. The highest BCUT2D eigenvalue weighted by Gasteiger charge is 2.14. The van der Waals surface area contributed by atoms with Crippen LogP contribution in [0.3, 0.4) is 0 Å². The average molecular weight is 263 g/mol. The van der Waals surface area contributed by atoms with Crippen LogP contribution in [0.25, 0.3) is 5.78 Å². The molecular weight excluding hydrogens is 246 g/mol. The zero-order chi connectivity index (χ0) is 13.7. The van der Waals surface area contributed by atoms with Crippen molar-refractivity contribution in [2.45, 2.75) is 26.2 Å². The molecule has 19 heavy (non-hydrogen) atoms. The summed E-state index contributed by atoms with van der Waals surface area (Å²) < 4.78 is 1.59. The first kappa shape index (κ1) is 13.4. The van der Waals surface area contributed by atoms with Crippen molar-refractivity contribution in [1.29, 1.82) is 0 Å². The molecule has 0 aromatic carbocycles. The van der Waals surface area contributed by atoms with Gasteiger partial charge in [0.1, 0.15) is 6.33 Å². The molecule has 0 saturated carbocycles. The van der Waals surface area contributed by atoms with Gasteiger partial charge in [0, 0.05) is 19.3 Å². The highest BCUT2D eigenvalue weighted by molar-refractivity contribution is 5.95. The van der Waals surface area contributed by atoms with E-state index in [9.17, 15) is 4.79 Å². The summed E-state index contributed by atoms with van der Waals surface area (Å²) in [4.78, 5) is 20.2. The molecule has 0 fully saturated rings. The predicted octanol–water partition coefficient (Wildman–Crippen LogP) is 0.189. The number of carbonyl (C=O) groups excluding carboxylic acids is 1. The van der Waals surface area contributed by atoms with E-state index < -0.39 is 0 Å². The smallest absolute Gasteiger partial charge is 0.254 e. The molecule has 0 unspecified atom stereocenters. The Morgan fingerprint density at radius 3 is 3.00 bits per heavy atom. The topological polar surface area (TPSA) is 92.4 Å². The lowest BCUT2D eigenvalue weighted by atomic mass is 10.1. The first-order chi connectivity index (χ1) is 9.27. The molecule has 2 aromatic heterocycles. The van der Waals surface area contributed by atoms with Gasteiger partial charge in [0.05, 0.1) is 11.3 Å². The molecule has 0 atom stereocenters. The van der Waals surface area contributed by atoms with E-state index in [2.05, 4.69) is 20.4 Å². The van der Waals surface area contributed by atoms with Crippen molar-refractivity contribution in [2.24, 2.45) is 0 Å². The summed E-state index contributed by atoms with van der Waals surface area (Å²) in [5, 5.41) is 15.6. The second-order valence-electron chi connectivity index (χ2n) is 4.13. The van der Waals surface area contributed by atoms with Crippen molar-refractivity contribution in [3.63, 3.8) is 0 Å². The summed E-state index contributed by atoms with van der Waals surface area (Å²) >= 11 is 0. The van der Waals surface area contributed by atoms with Crippen molar-refractivity contribution in [3.8, 4) is 0 Å². The summed E-state index contributed by atoms with van der Waals surface area (Å²) in [7, 11) is 0. The van der Waals surface area contributed by atoms with Crippen LogP contribution >= 0.6 is 0 Å². The van der Waals surface area contributed by atoms with Crippen molar-refractivity contribution >= 4 is 11.7 Å². The zero-order valence-corrected chi connectivity index (χ0v) is 10.8. The van der Waals surface area contributed by atoms with Crippen LogP contribution in [0, 0.1) is 0 Å². The van der Waals surface area contributed by atoms with E-state index in [1.165, 1.54) is 12.5 Å². The van der Waals surface area contributed by atoms with Crippen molar-refractivity contribution < 1.29 is 9.90 Å². The molecule has 0 saturated heterocycles. The number of amides is 1. The molecule has 7 heteroatoms. The Morgan fingerprint density at radius 2 is 2.26 bits per heavy atom. The third-order valence-corrected chi connectivity index (χ3v) is 2.86. The zero-order valence-electron chi connectivity index (χ0n) is 10.8. The van der Waals surface area contributed by atoms with Crippen LogP contribution in [0.5, 0.6) is 0 Å². The first-order valence-corrected chi connectivity index (χ1v) is 6.34. The van der Waals surface area contributed by atoms with Crippen LogP contribution in [0.1, 0.15) is 35.8 Å². The Morgan fingerprint density at radius 1 is 1.42 bits per heavy atom. The second-order valence-corrected chi connectivity index (χ2v) is 4.13. The molecule has 2 N–H and O–H groups in total. The van der Waals surface area contributed by atoms with Crippen molar-refractivity contribution in [2.75, 3.05) is 13.2 Å².